The van der Waals surface area contributed by atoms with E-state index in [2.05, 4.69) is 10.1 Å². The topological polar surface area (TPSA) is 64.3 Å². The number of nitrogens with one attached hydrogen (secondary N) is 1. The lowest BCUT2D eigenvalue weighted by atomic mass is 10.2. The summed E-state index contributed by atoms with van der Waals surface area (Å²) in [5.74, 6) is -0.784. The molecular weight excluding hydrogens is 187 g/mol. The second-order valence-electron chi connectivity index (χ2n) is 2.78. The lowest BCUT2D eigenvalue weighted by molar-refractivity contribution is 0.201. The minimum Gasteiger partial charge on any atom is -0.407 e. The highest BCUT2D eigenvalue weighted by Crippen LogP contribution is 2.23. The molecule has 0 saturated carbocycles. The van der Waals surface area contributed by atoms with Crippen molar-refractivity contribution in [1.82, 2.24) is 5.32 Å². The third-order valence-electron chi connectivity index (χ3n) is 1.73. The largest absolute Gasteiger partial charge is 0.412 e. The van der Waals surface area contributed by atoms with Crippen LogP contribution in [-0.4, -0.2) is 13.1 Å². The zero-order valence-corrected chi connectivity index (χ0v) is 7.93. The number of amides is 1. The minimum absolute atomic E-state index is 0.129. The molecule has 0 fully saturated rings. The van der Waals surface area contributed by atoms with Crippen LogP contribution in [-0.2, 0) is 0 Å². The third-order valence-corrected chi connectivity index (χ3v) is 1.73. The Balaban J connectivity index is 2.98. The predicted molar refractivity (Wildman–Crippen MR) is 50.6 cm³/mol. The first-order chi connectivity index (χ1) is 6.54. The van der Waals surface area contributed by atoms with Crippen LogP contribution in [0, 0.1) is 12.7 Å². The summed E-state index contributed by atoms with van der Waals surface area (Å²) < 4.78 is 17.8. The Bertz CT molecular complexity index is 366. The first-order valence-electron chi connectivity index (χ1n) is 3.99. The van der Waals surface area contributed by atoms with Crippen molar-refractivity contribution in [3.8, 4) is 5.75 Å². The molecule has 0 aliphatic heterocycles. The number of hydrogen-bond acceptors (Lipinski definition) is 3. The summed E-state index contributed by atoms with van der Waals surface area (Å²) >= 11 is 0. The van der Waals surface area contributed by atoms with Gasteiger partial charge in [-0.3, -0.25) is 0 Å². The molecule has 0 spiro atoms. The minimum atomic E-state index is -0.715. The van der Waals surface area contributed by atoms with Crippen molar-refractivity contribution >= 4 is 11.8 Å². The molecule has 5 heteroatoms. The van der Waals surface area contributed by atoms with Gasteiger partial charge >= 0.3 is 6.09 Å². The molecular formula is C9H11FN2O2. The number of rotatable bonds is 1. The summed E-state index contributed by atoms with van der Waals surface area (Å²) in [5.41, 5.74) is 6.44. The summed E-state index contributed by atoms with van der Waals surface area (Å²) in [7, 11) is 1.39. The highest BCUT2D eigenvalue weighted by atomic mass is 19.1. The molecule has 1 rings (SSSR count). The molecule has 0 saturated heterocycles. The van der Waals surface area contributed by atoms with Gasteiger partial charge in [-0.15, -0.1) is 0 Å². The van der Waals surface area contributed by atoms with Gasteiger partial charge in [0.2, 0.25) is 0 Å². The maximum Gasteiger partial charge on any atom is 0.412 e. The van der Waals surface area contributed by atoms with E-state index in [1.54, 1.807) is 6.92 Å². The van der Waals surface area contributed by atoms with Crippen LogP contribution in [0.2, 0.25) is 0 Å². The average Bonchev–Trinajstić information content (AvgIpc) is 2.14. The zero-order valence-electron chi connectivity index (χ0n) is 7.93. The Labute approximate surface area is 80.9 Å². The van der Waals surface area contributed by atoms with Crippen LogP contribution in [0.25, 0.3) is 0 Å². The number of aryl methyl sites for hydroxylation is 1. The van der Waals surface area contributed by atoms with E-state index in [0.29, 0.717) is 11.3 Å². The molecule has 1 amide bonds. The van der Waals surface area contributed by atoms with Crippen LogP contribution in [0.4, 0.5) is 14.9 Å². The normalized spacial score (nSPS) is 9.64. The van der Waals surface area contributed by atoms with E-state index in [1.807, 2.05) is 0 Å². The molecule has 0 aliphatic carbocycles. The Morgan fingerprint density at radius 2 is 2.21 bits per heavy atom. The predicted octanol–water partition coefficient (Wildman–Crippen LogP) is 1.43. The van der Waals surface area contributed by atoms with E-state index in [-0.39, 0.29) is 5.75 Å². The van der Waals surface area contributed by atoms with Gasteiger partial charge in [0.15, 0.2) is 11.6 Å². The van der Waals surface area contributed by atoms with Crippen molar-refractivity contribution < 1.29 is 13.9 Å². The quantitative estimate of drug-likeness (QED) is 0.671. The number of anilines is 1. The Morgan fingerprint density at radius 3 is 2.79 bits per heavy atom. The van der Waals surface area contributed by atoms with Gasteiger partial charge in [0.25, 0.3) is 0 Å². The van der Waals surface area contributed by atoms with Crippen molar-refractivity contribution in [1.29, 1.82) is 0 Å². The fraction of sp³-hybridized carbons (Fsp3) is 0.222. The molecule has 0 heterocycles. The van der Waals surface area contributed by atoms with Gasteiger partial charge in [-0.1, -0.05) is 0 Å². The second kappa shape index (κ2) is 3.95. The summed E-state index contributed by atoms with van der Waals surface area (Å²) in [6.07, 6.45) is -0.715. The maximum atomic E-state index is 13.1. The monoisotopic (exact) mass is 198 g/mol. The van der Waals surface area contributed by atoms with Gasteiger partial charge in [-0.2, -0.15) is 0 Å². The van der Waals surface area contributed by atoms with Crippen molar-refractivity contribution in [2.75, 3.05) is 12.8 Å². The van der Waals surface area contributed by atoms with Gasteiger partial charge < -0.3 is 15.8 Å². The lowest BCUT2D eigenvalue weighted by Gasteiger charge is -2.07. The molecule has 4 nitrogen and oxygen atoms in total. The Morgan fingerprint density at radius 1 is 1.57 bits per heavy atom. The molecule has 0 atom stereocenters. The molecule has 3 N–H and O–H groups in total. The van der Waals surface area contributed by atoms with Gasteiger partial charge in [-0.25, -0.2) is 9.18 Å². The number of nitrogen functional groups attached to an aromatic ring is 1. The molecule has 0 aromatic heterocycles. The number of carbonyl (C=O) groups is 1. The van der Waals surface area contributed by atoms with Gasteiger partial charge in [0.05, 0.1) is 0 Å². The van der Waals surface area contributed by atoms with Gasteiger partial charge in [-0.05, 0) is 18.6 Å². The van der Waals surface area contributed by atoms with Gasteiger partial charge in [0, 0.05) is 18.8 Å². The summed E-state index contributed by atoms with van der Waals surface area (Å²) in [6, 6.07) is 2.49. The number of hydrogen-bond donors (Lipinski definition) is 2. The summed E-state index contributed by atoms with van der Waals surface area (Å²) in [5, 5.41) is 2.22. The fourth-order valence-corrected chi connectivity index (χ4v) is 0.900. The Kier molecular flexibility index (Phi) is 2.91. The molecule has 76 valence electrons. The van der Waals surface area contributed by atoms with E-state index in [1.165, 1.54) is 13.1 Å². The molecule has 1 aromatic rings. The van der Waals surface area contributed by atoms with Crippen LogP contribution < -0.4 is 15.8 Å². The molecule has 0 bridgehead atoms. The van der Waals surface area contributed by atoms with E-state index < -0.39 is 11.9 Å². The smallest absolute Gasteiger partial charge is 0.407 e. The Hall–Kier alpha value is -1.78. The van der Waals surface area contributed by atoms with E-state index in [0.717, 1.165) is 6.07 Å². The number of benzene rings is 1. The third kappa shape index (κ3) is 2.12. The van der Waals surface area contributed by atoms with Crippen molar-refractivity contribution in [2.24, 2.45) is 0 Å². The van der Waals surface area contributed by atoms with Crippen molar-refractivity contribution in [3.05, 3.63) is 23.5 Å². The van der Waals surface area contributed by atoms with Crippen molar-refractivity contribution in [3.63, 3.8) is 0 Å². The van der Waals surface area contributed by atoms with Crippen LogP contribution in [0.5, 0.6) is 5.75 Å². The van der Waals surface area contributed by atoms with Crippen LogP contribution >= 0.6 is 0 Å². The van der Waals surface area contributed by atoms with E-state index in [9.17, 15) is 9.18 Å². The number of ether oxygens (including phenoxy) is 1. The van der Waals surface area contributed by atoms with E-state index >= 15 is 0 Å². The number of carbonyl (C=O) groups excluding carboxylic acids is 1. The second-order valence-corrected chi connectivity index (χ2v) is 2.78. The maximum absolute atomic E-state index is 13.1. The number of halogens is 1. The molecule has 0 aliphatic rings. The average molecular weight is 198 g/mol. The summed E-state index contributed by atoms with van der Waals surface area (Å²) in [4.78, 5) is 10.8. The zero-order chi connectivity index (χ0) is 10.7. The van der Waals surface area contributed by atoms with Crippen LogP contribution in [0.1, 0.15) is 5.56 Å². The molecule has 0 unspecified atom stereocenters. The lowest BCUT2D eigenvalue weighted by Crippen LogP contribution is -2.22. The molecule has 0 radical (unpaired) electrons. The van der Waals surface area contributed by atoms with Crippen LogP contribution in [0.3, 0.4) is 0 Å². The standard InChI is InChI=1S/C9H11FN2O2/c1-5-3-8(14-9(13)12-2)6(10)4-7(5)11/h3-4H,11H2,1-2H3,(H,12,13). The molecule has 14 heavy (non-hydrogen) atoms. The van der Waals surface area contributed by atoms with E-state index in [4.69, 9.17) is 5.73 Å². The molecule has 1 aromatic carbocycles. The first kappa shape index (κ1) is 10.3. The highest BCUT2D eigenvalue weighted by molar-refractivity contribution is 5.70. The fourth-order valence-electron chi connectivity index (χ4n) is 0.900. The number of nitrogens with two attached hydrogens (primary N) is 1. The summed E-state index contributed by atoms with van der Waals surface area (Å²) in [6.45, 7) is 1.70. The first-order valence-corrected chi connectivity index (χ1v) is 3.99. The van der Waals surface area contributed by atoms with Crippen molar-refractivity contribution in [2.45, 2.75) is 6.92 Å². The SMILES string of the molecule is CNC(=O)Oc1cc(C)c(N)cc1F. The highest BCUT2D eigenvalue weighted by Gasteiger charge is 2.09. The van der Waals surface area contributed by atoms with Crippen LogP contribution in [0.15, 0.2) is 12.1 Å². The van der Waals surface area contributed by atoms with Gasteiger partial charge in [0.1, 0.15) is 0 Å².